The number of hydrogen-bond donors (Lipinski definition) is 2. The maximum atomic E-state index is 11.6. The minimum atomic E-state index is -0.166. The fraction of sp³-hybridized carbons (Fsp3) is 0.682. The van der Waals surface area contributed by atoms with Gasteiger partial charge in [-0.2, -0.15) is 0 Å². The summed E-state index contributed by atoms with van der Waals surface area (Å²) in [6, 6.07) is 0. The fourth-order valence-electron chi connectivity index (χ4n) is 5.11. The van der Waals surface area contributed by atoms with Crippen molar-refractivity contribution in [2.45, 2.75) is 45.6 Å². The van der Waals surface area contributed by atoms with Gasteiger partial charge in [-0.25, -0.2) is 9.97 Å². The van der Waals surface area contributed by atoms with Gasteiger partial charge in [0, 0.05) is 23.9 Å². The van der Waals surface area contributed by atoms with Gasteiger partial charge in [0.1, 0.15) is 30.3 Å². The predicted octanol–water partition coefficient (Wildman–Crippen LogP) is 0.933. The third kappa shape index (κ3) is 3.92. The molecule has 162 valence electrons. The highest BCUT2D eigenvalue weighted by atomic mass is 32.1. The molecular formula is C22H32N5O2S+. The zero-order valence-electron chi connectivity index (χ0n) is 17.8. The molecule has 30 heavy (non-hydrogen) atoms. The van der Waals surface area contributed by atoms with Crippen LogP contribution in [0.3, 0.4) is 0 Å². The lowest BCUT2D eigenvalue weighted by molar-refractivity contribution is -0.922. The van der Waals surface area contributed by atoms with Crippen molar-refractivity contribution in [3.63, 3.8) is 0 Å². The van der Waals surface area contributed by atoms with E-state index in [1.54, 1.807) is 0 Å². The predicted molar refractivity (Wildman–Crippen MR) is 118 cm³/mol. The quantitative estimate of drug-likeness (QED) is 0.754. The Morgan fingerprint density at radius 2 is 2.00 bits per heavy atom. The Balaban J connectivity index is 1.51. The van der Waals surface area contributed by atoms with Crippen LogP contribution in [0, 0.1) is 11.8 Å². The second-order valence-corrected chi connectivity index (χ2v) is 10.3. The van der Waals surface area contributed by atoms with Gasteiger partial charge in [0.25, 0.3) is 0 Å². The number of nitrogens with one attached hydrogen (secondary N) is 1. The number of carbonyl (C=O) groups excluding carboxylic acids is 1. The Hall–Kier alpha value is -1.77. The van der Waals surface area contributed by atoms with Crippen LogP contribution in [0.4, 0.5) is 5.82 Å². The number of hydrogen-bond acceptors (Lipinski definition) is 6. The van der Waals surface area contributed by atoms with Crippen molar-refractivity contribution < 1.29 is 14.4 Å². The third-order valence-corrected chi connectivity index (χ3v) is 8.14. The first-order valence-corrected chi connectivity index (χ1v) is 12.2. The number of rotatable bonds is 4. The molecule has 1 aliphatic carbocycles. The number of ether oxygens (including phenoxy) is 1. The fourth-order valence-corrected chi connectivity index (χ4v) is 6.51. The largest absolute Gasteiger partial charge is 0.370 e. The molecule has 1 amide bonds. The van der Waals surface area contributed by atoms with Crippen molar-refractivity contribution in [1.29, 1.82) is 0 Å². The average molecular weight is 431 g/mol. The number of anilines is 1. The summed E-state index contributed by atoms with van der Waals surface area (Å²) >= 11 is 1.88. The number of primary amides is 1. The van der Waals surface area contributed by atoms with Gasteiger partial charge >= 0.3 is 0 Å². The molecule has 0 saturated carbocycles. The van der Waals surface area contributed by atoms with Crippen LogP contribution in [-0.4, -0.2) is 55.3 Å². The Morgan fingerprint density at radius 1 is 1.23 bits per heavy atom. The van der Waals surface area contributed by atoms with E-state index >= 15 is 0 Å². The summed E-state index contributed by atoms with van der Waals surface area (Å²) in [5.41, 5.74) is 7.04. The van der Waals surface area contributed by atoms with Gasteiger partial charge in [-0.1, -0.05) is 6.92 Å². The number of nitrogens with two attached hydrogens (primary N) is 1. The third-order valence-electron chi connectivity index (χ3n) is 6.99. The highest BCUT2D eigenvalue weighted by Crippen LogP contribution is 2.41. The zero-order chi connectivity index (χ0) is 20.7. The Bertz CT molecular complexity index is 931. The maximum absolute atomic E-state index is 11.6. The highest BCUT2D eigenvalue weighted by molar-refractivity contribution is 7.19. The molecule has 4 heterocycles. The number of quaternary nitrogens is 1. The van der Waals surface area contributed by atoms with Gasteiger partial charge in [-0.15, -0.1) is 11.3 Å². The van der Waals surface area contributed by atoms with Crippen LogP contribution in [0.15, 0.2) is 0 Å². The summed E-state index contributed by atoms with van der Waals surface area (Å²) < 4.78 is 5.52. The molecule has 3 N–H and O–H groups in total. The summed E-state index contributed by atoms with van der Waals surface area (Å²) in [5.74, 6) is 2.61. The van der Waals surface area contributed by atoms with E-state index in [1.807, 2.05) is 11.3 Å². The van der Waals surface area contributed by atoms with E-state index < -0.39 is 0 Å². The van der Waals surface area contributed by atoms with E-state index in [4.69, 9.17) is 20.4 Å². The lowest BCUT2D eigenvalue weighted by atomic mass is 9.89. The molecule has 2 aliphatic heterocycles. The topological polar surface area (TPSA) is 85.8 Å². The summed E-state index contributed by atoms with van der Waals surface area (Å²) in [7, 11) is 0. The van der Waals surface area contributed by atoms with Crippen molar-refractivity contribution in [2.75, 3.05) is 44.3 Å². The standard InChI is InChI=1S/C22H31N5O2S/c1-14-2-3-16-17(12-14)30-22-19(16)21(27-6-4-15(5-7-27)20(23)28)24-18(25-22)13-26-8-10-29-11-9-26/h14-15H,2-13H2,1H3,(H2,23,28)/p+1/t14-/m0/s1. The van der Waals surface area contributed by atoms with Crippen LogP contribution in [0.5, 0.6) is 0 Å². The van der Waals surface area contributed by atoms with Crippen LogP contribution in [0.2, 0.25) is 0 Å². The minimum Gasteiger partial charge on any atom is -0.370 e. The first kappa shape index (κ1) is 20.2. The molecule has 0 spiro atoms. The molecule has 0 radical (unpaired) electrons. The van der Waals surface area contributed by atoms with Crippen LogP contribution in [0.1, 0.15) is 42.5 Å². The van der Waals surface area contributed by atoms with Gasteiger partial charge in [-0.3, -0.25) is 4.79 Å². The average Bonchev–Trinajstić information content (AvgIpc) is 3.11. The second-order valence-electron chi connectivity index (χ2n) is 9.20. The first-order valence-electron chi connectivity index (χ1n) is 11.3. The highest BCUT2D eigenvalue weighted by Gasteiger charge is 2.30. The van der Waals surface area contributed by atoms with Crippen LogP contribution < -0.4 is 15.5 Å². The number of aryl methyl sites for hydroxylation is 1. The van der Waals surface area contributed by atoms with Crippen molar-refractivity contribution in [2.24, 2.45) is 17.6 Å². The van der Waals surface area contributed by atoms with E-state index in [9.17, 15) is 4.79 Å². The normalized spacial score (nSPS) is 23.6. The molecule has 2 fully saturated rings. The van der Waals surface area contributed by atoms with Gasteiger partial charge in [-0.05, 0) is 43.6 Å². The van der Waals surface area contributed by atoms with Gasteiger partial charge < -0.3 is 20.3 Å². The second kappa shape index (κ2) is 8.40. The number of fused-ring (bicyclic) bond motifs is 3. The molecule has 1 atom stereocenters. The van der Waals surface area contributed by atoms with Gasteiger partial charge in [0.05, 0.1) is 18.6 Å². The van der Waals surface area contributed by atoms with E-state index in [0.29, 0.717) is 0 Å². The summed E-state index contributed by atoms with van der Waals surface area (Å²) in [5, 5.41) is 1.28. The number of morpholine rings is 1. The Labute approximate surface area is 181 Å². The van der Waals surface area contributed by atoms with E-state index in [-0.39, 0.29) is 11.8 Å². The van der Waals surface area contributed by atoms with Crippen molar-refractivity contribution in [3.8, 4) is 0 Å². The molecule has 8 heteroatoms. The SMILES string of the molecule is C[C@H]1CCc2c(sc3nc(C[NH+]4CCOCC4)nc(N4CCC(C(N)=O)CC4)c23)C1. The van der Waals surface area contributed by atoms with Crippen LogP contribution in [0.25, 0.3) is 10.2 Å². The van der Waals surface area contributed by atoms with Crippen molar-refractivity contribution >= 4 is 33.3 Å². The molecular weight excluding hydrogens is 398 g/mol. The molecule has 2 aromatic rings. The lowest BCUT2D eigenvalue weighted by Crippen LogP contribution is -3.12. The number of thiophene rings is 1. The monoisotopic (exact) mass is 430 g/mol. The molecule has 3 aliphatic rings. The number of piperidine rings is 1. The number of aromatic nitrogens is 2. The molecule has 0 unspecified atom stereocenters. The Kier molecular flexibility index (Phi) is 5.64. The first-order chi connectivity index (χ1) is 14.6. The van der Waals surface area contributed by atoms with Crippen LogP contribution >= 0.6 is 11.3 Å². The summed E-state index contributed by atoms with van der Waals surface area (Å²) in [4.78, 5) is 28.3. The maximum Gasteiger partial charge on any atom is 0.220 e. The van der Waals surface area contributed by atoms with E-state index in [2.05, 4.69) is 11.8 Å². The number of carbonyl (C=O) groups is 1. The molecule has 2 saturated heterocycles. The smallest absolute Gasteiger partial charge is 0.220 e. The Morgan fingerprint density at radius 3 is 2.73 bits per heavy atom. The van der Waals surface area contributed by atoms with Gasteiger partial charge in [0.15, 0.2) is 5.82 Å². The summed E-state index contributed by atoms with van der Waals surface area (Å²) in [6.45, 7) is 8.53. The zero-order valence-corrected chi connectivity index (χ0v) is 18.6. The van der Waals surface area contributed by atoms with E-state index in [1.165, 1.54) is 27.1 Å². The van der Waals surface area contributed by atoms with Crippen LogP contribution in [-0.2, 0) is 28.9 Å². The van der Waals surface area contributed by atoms with Crippen molar-refractivity contribution in [1.82, 2.24) is 9.97 Å². The lowest BCUT2D eigenvalue weighted by Gasteiger charge is -2.32. The molecule has 0 bridgehead atoms. The molecule has 2 aromatic heterocycles. The summed E-state index contributed by atoms with van der Waals surface area (Å²) in [6.07, 6.45) is 5.15. The van der Waals surface area contributed by atoms with Crippen molar-refractivity contribution in [3.05, 3.63) is 16.3 Å². The molecule has 7 nitrogen and oxygen atoms in total. The number of amides is 1. The molecule has 0 aromatic carbocycles. The number of nitrogens with zero attached hydrogens (tertiary/aromatic N) is 3. The van der Waals surface area contributed by atoms with Gasteiger partial charge in [0.2, 0.25) is 5.91 Å². The minimum absolute atomic E-state index is 0.00641. The molecule has 5 rings (SSSR count). The van der Waals surface area contributed by atoms with E-state index in [0.717, 1.165) is 94.0 Å².